The number of carbonyl (C=O) groups excluding carboxylic acids is 4. The first-order chi connectivity index (χ1) is 16.1. The van der Waals surface area contributed by atoms with E-state index in [1.54, 1.807) is 18.2 Å². The molecule has 3 aromatic rings. The van der Waals surface area contributed by atoms with E-state index in [1.165, 1.54) is 24.3 Å². The van der Waals surface area contributed by atoms with Gasteiger partial charge in [0.15, 0.2) is 11.5 Å². The highest BCUT2D eigenvalue weighted by atomic mass is 16.6. The fourth-order valence-corrected chi connectivity index (χ4v) is 3.65. The Balaban J connectivity index is 1.52. The van der Waals surface area contributed by atoms with Gasteiger partial charge in [-0.25, -0.2) is 19.2 Å². The third-order valence-corrected chi connectivity index (χ3v) is 5.50. The molecule has 0 unspecified atom stereocenters. The lowest BCUT2D eigenvalue weighted by atomic mass is 9.87. The second-order valence-corrected chi connectivity index (χ2v) is 8.88. The van der Waals surface area contributed by atoms with E-state index in [1.807, 2.05) is 32.9 Å². The molecule has 8 heteroatoms. The Labute approximate surface area is 194 Å². The van der Waals surface area contributed by atoms with E-state index < -0.39 is 23.9 Å². The van der Waals surface area contributed by atoms with Crippen molar-refractivity contribution in [1.29, 1.82) is 0 Å². The predicted octanol–water partition coefficient (Wildman–Crippen LogP) is 5.19. The maximum absolute atomic E-state index is 11.9. The van der Waals surface area contributed by atoms with Gasteiger partial charge >= 0.3 is 23.9 Å². The average molecular weight is 458 g/mol. The highest BCUT2D eigenvalue weighted by molar-refractivity contribution is 6.15. The number of hydrogen-bond donors (Lipinski definition) is 0. The van der Waals surface area contributed by atoms with Gasteiger partial charge in [-0.1, -0.05) is 26.8 Å². The van der Waals surface area contributed by atoms with E-state index in [4.69, 9.17) is 9.47 Å². The Bertz CT molecular complexity index is 1410. The Morgan fingerprint density at radius 2 is 1.03 bits per heavy atom. The monoisotopic (exact) mass is 458 g/mol. The summed E-state index contributed by atoms with van der Waals surface area (Å²) >= 11 is 0. The zero-order valence-electron chi connectivity index (χ0n) is 18.5. The predicted molar refractivity (Wildman–Crippen MR) is 118 cm³/mol. The van der Waals surface area contributed by atoms with Crippen LogP contribution in [0.15, 0.2) is 54.6 Å². The van der Waals surface area contributed by atoms with E-state index in [0.29, 0.717) is 23.0 Å². The van der Waals surface area contributed by atoms with Crippen LogP contribution in [0.5, 0.6) is 23.0 Å². The molecule has 0 aliphatic carbocycles. The van der Waals surface area contributed by atoms with E-state index in [2.05, 4.69) is 9.47 Å². The van der Waals surface area contributed by atoms with Crippen LogP contribution in [-0.2, 0) is 14.9 Å². The molecule has 2 aliphatic rings. The second kappa shape index (κ2) is 7.55. The van der Waals surface area contributed by atoms with Crippen LogP contribution in [0.2, 0.25) is 0 Å². The molecule has 2 heterocycles. The molecule has 0 bridgehead atoms. The zero-order valence-corrected chi connectivity index (χ0v) is 18.5. The van der Waals surface area contributed by atoms with Crippen molar-refractivity contribution in [3.63, 3.8) is 0 Å². The first-order valence-corrected chi connectivity index (χ1v) is 10.4. The lowest BCUT2D eigenvalue weighted by Crippen LogP contribution is -2.11. The number of esters is 4. The molecule has 170 valence electrons. The molecule has 0 spiro atoms. The normalized spacial score (nSPS) is 14.4. The summed E-state index contributed by atoms with van der Waals surface area (Å²) in [5.74, 6) is -1.55. The van der Waals surface area contributed by atoms with Crippen molar-refractivity contribution in [3.05, 3.63) is 82.4 Å². The standard InChI is InChI=1S/C26H18O8/c1-26(2,3)13-4-9-20(31-14-5-7-16-18(11-14)24(29)33-22(16)27)21(10-13)32-15-6-8-17-19(12-15)25(30)34-23(17)28/h4-12H,1-3H3. The molecule has 34 heavy (non-hydrogen) atoms. The SMILES string of the molecule is CC(C)(C)c1ccc(Oc2ccc3c(c2)C(=O)OC3=O)c(Oc2ccc3c(c2)C(=O)OC3=O)c1. The number of fused-ring (bicyclic) bond motifs is 2. The summed E-state index contributed by atoms with van der Waals surface area (Å²) < 4.78 is 21.3. The summed E-state index contributed by atoms with van der Waals surface area (Å²) in [5, 5.41) is 0. The first kappa shape index (κ1) is 21.4. The van der Waals surface area contributed by atoms with E-state index >= 15 is 0 Å². The topological polar surface area (TPSA) is 105 Å². The molecule has 0 atom stereocenters. The largest absolute Gasteiger partial charge is 0.453 e. The minimum absolute atomic E-state index is 0.123. The van der Waals surface area contributed by atoms with Crippen LogP contribution in [-0.4, -0.2) is 23.9 Å². The highest BCUT2D eigenvalue weighted by Gasteiger charge is 2.31. The van der Waals surface area contributed by atoms with Gasteiger partial charge in [-0.3, -0.25) is 0 Å². The number of benzene rings is 3. The molecule has 0 saturated carbocycles. The van der Waals surface area contributed by atoms with E-state index in [-0.39, 0.29) is 27.7 Å². The van der Waals surface area contributed by atoms with Crippen molar-refractivity contribution in [2.75, 3.05) is 0 Å². The number of carbonyl (C=O) groups is 4. The summed E-state index contributed by atoms with van der Waals surface area (Å²) in [6, 6.07) is 14.4. The van der Waals surface area contributed by atoms with Gasteiger partial charge in [0.05, 0.1) is 22.3 Å². The van der Waals surface area contributed by atoms with Gasteiger partial charge in [-0.2, -0.15) is 0 Å². The van der Waals surface area contributed by atoms with E-state index in [0.717, 1.165) is 5.56 Å². The van der Waals surface area contributed by atoms with Crippen LogP contribution in [0.3, 0.4) is 0 Å². The third-order valence-electron chi connectivity index (χ3n) is 5.50. The lowest BCUT2D eigenvalue weighted by Gasteiger charge is -2.21. The number of ether oxygens (including phenoxy) is 4. The quantitative estimate of drug-likeness (QED) is 0.389. The molecule has 0 aromatic heterocycles. The van der Waals surface area contributed by atoms with Crippen LogP contribution in [0.25, 0.3) is 0 Å². The van der Waals surface area contributed by atoms with Crippen molar-refractivity contribution in [2.24, 2.45) is 0 Å². The van der Waals surface area contributed by atoms with Gasteiger partial charge in [0.25, 0.3) is 0 Å². The third kappa shape index (κ3) is 3.69. The number of rotatable bonds is 4. The van der Waals surface area contributed by atoms with Crippen molar-refractivity contribution in [3.8, 4) is 23.0 Å². The summed E-state index contributed by atoms with van der Waals surface area (Å²) in [6.45, 7) is 6.15. The van der Waals surface area contributed by atoms with Gasteiger partial charge in [0.1, 0.15) is 11.5 Å². The molecule has 0 fully saturated rings. The van der Waals surface area contributed by atoms with Crippen molar-refractivity contribution in [1.82, 2.24) is 0 Å². The molecular weight excluding hydrogens is 440 g/mol. The summed E-state index contributed by atoms with van der Waals surface area (Å²) in [4.78, 5) is 47.3. The average Bonchev–Trinajstić information content (AvgIpc) is 3.22. The summed E-state index contributed by atoms with van der Waals surface area (Å²) in [5.41, 5.74) is 1.38. The minimum atomic E-state index is -0.732. The van der Waals surface area contributed by atoms with Crippen LogP contribution in [0, 0.1) is 0 Å². The zero-order chi connectivity index (χ0) is 24.2. The van der Waals surface area contributed by atoms with Gasteiger partial charge in [0, 0.05) is 0 Å². The molecule has 0 N–H and O–H groups in total. The van der Waals surface area contributed by atoms with Crippen molar-refractivity contribution < 1.29 is 38.1 Å². The summed E-state index contributed by atoms with van der Waals surface area (Å²) in [7, 11) is 0. The first-order valence-electron chi connectivity index (χ1n) is 10.4. The van der Waals surface area contributed by atoms with Crippen molar-refractivity contribution >= 4 is 23.9 Å². The van der Waals surface area contributed by atoms with E-state index in [9.17, 15) is 19.2 Å². The van der Waals surface area contributed by atoms with Crippen LogP contribution >= 0.6 is 0 Å². The minimum Gasteiger partial charge on any atom is -0.453 e. The Morgan fingerprint density at radius 1 is 0.559 bits per heavy atom. The van der Waals surface area contributed by atoms with Crippen LogP contribution in [0.1, 0.15) is 67.8 Å². The Hall–Kier alpha value is -4.46. The number of cyclic esters (lactones) is 4. The van der Waals surface area contributed by atoms with Gasteiger partial charge < -0.3 is 18.9 Å². The van der Waals surface area contributed by atoms with Crippen LogP contribution in [0.4, 0.5) is 0 Å². The molecule has 0 amide bonds. The summed E-state index contributed by atoms with van der Waals surface area (Å²) in [6.07, 6.45) is 0. The lowest BCUT2D eigenvalue weighted by molar-refractivity contribution is 0.0425. The van der Waals surface area contributed by atoms with Gasteiger partial charge in [0.2, 0.25) is 0 Å². The van der Waals surface area contributed by atoms with Gasteiger partial charge in [-0.15, -0.1) is 0 Å². The molecule has 0 saturated heterocycles. The fraction of sp³-hybridized carbons (Fsp3) is 0.154. The van der Waals surface area contributed by atoms with Gasteiger partial charge in [-0.05, 0) is 59.5 Å². The fourth-order valence-electron chi connectivity index (χ4n) is 3.65. The molecule has 5 rings (SSSR count). The Morgan fingerprint density at radius 3 is 1.53 bits per heavy atom. The second-order valence-electron chi connectivity index (χ2n) is 8.88. The molecule has 3 aromatic carbocycles. The maximum Gasteiger partial charge on any atom is 0.347 e. The Kier molecular flexibility index (Phi) is 4.75. The molecule has 2 aliphatic heterocycles. The number of hydrogen-bond acceptors (Lipinski definition) is 8. The molecule has 8 nitrogen and oxygen atoms in total. The van der Waals surface area contributed by atoms with Crippen molar-refractivity contribution in [2.45, 2.75) is 26.2 Å². The molecule has 0 radical (unpaired) electrons. The van der Waals surface area contributed by atoms with Crippen LogP contribution < -0.4 is 9.47 Å². The highest BCUT2D eigenvalue weighted by Crippen LogP contribution is 2.40. The smallest absolute Gasteiger partial charge is 0.347 e. The molecular formula is C26H18O8. The maximum atomic E-state index is 11.9.